The Kier molecular flexibility index (Phi) is 4.52. The fourth-order valence-electron chi connectivity index (χ4n) is 1.97. The molecule has 0 saturated heterocycles. The van der Waals surface area contributed by atoms with Crippen LogP contribution in [0.5, 0.6) is 0 Å². The summed E-state index contributed by atoms with van der Waals surface area (Å²) in [4.78, 5) is 22.0. The Labute approximate surface area is 136 Å². The molecule has 0 aliphatic heterocycles. The maximum absolute atomic E-state index is 11.6. The van der Waals surface area contributed by atoms with Crippen LogP contribution >= 0.6 is 11.8 Å². The first-order valence-electron chi connectivity index (χ1n) is 7.12. The first kappa shape index (κ1) is 15.4. The van der Waals surface area contributed by atoms with Crippen LogP contribution in [0, 0.1) is 10.1 Å². The van der Waals surface area contributed by atoms with E-state index in [-0.39, 0.29) is 11.6 Å². The van der Waals surface area contributed by atoms with Crippen molar-refractivity contribution in [2.24, 2.45) is 0 Å². The molecule has 118 valence electrons. The molecule has 1 N–H and O–H groups in total. The Morgan fingerprint density at radius 3 is 2.78 bits per heavy atom. The van der Waals surface area contributed by atoms with Crippen LogP contribution in [-0.2, 0) is 4.79 Å². The van der Waals surface area contributed by atoms with E-state index in [2.05, 4.69) is 15.5 Å². The van der Waals surface area contributed by atoms with Gasteiger partial charge in [-0.3, -0.25) is 14.9 Å². The van der Waals surface area contributed by atoms with Gasteiger partial charge in [-0.15, -0.1) is 10.2 Å². The van der Waals surface area contributed by atoms with Gasteiger partial charge in [0, 0.05) is 23.7 Å². The zero-order chi connectivity index (χ0) is 16.2. The van der Waals surface area contributed by atoms with Crippen molar-refractivity contribution in [1.29, 1.82) is 0 Å². The Bertz CT molecular complexity index is 732. The van der Waals surface area contributed by atoms with Gasteiger partial charge in [0.25, 0.3) is 5.69 Å². The van der Waals surface area contributed by atoms with E-state index in [0.717, 1.165) is 12.8 Å². The first-order chi connectivity index (χ1) is 11.1. The predicted octanol–water partition coefficient (Wildman–Crippen LogP) is 2.42. The molecule has 1 saturated carbocycles. The summed E-state index contributed by atoms with van der Waals surface area (Å²) in [6.45, 7) is 0. The van der Waals surface area contributed by atoms with Crippen molar-refractivity contribution in [1.82, 2.24) is 15.5 Å². The molecule has 1 fully saturated rings. The van der Waals surface area contributed by atoms with Crippen LogP contribution in [0.2, 0.25) is 0 Å². The van der Waals surface area contributed by atoms with Crippen molar-refractivity contribution in [2.75, 3.05) is 5.75 Å². The number of nitro benzene ring substituents is 1. The monoisotopic (exact) mass is 330 g/mol. The van der Waals surface area contributed by atoms with Gasteiger partial charge < -0.3 is 5.32 Å². The topological polar surface area (TPSA) is 98.0 Å². The minimum absolute atomic E-state index is 0.00191. The molecule has 1 aromatic carbocycles. The van der Waals surface area contributed by atoms with E-state index in [4.69, 9.17) is 0 Å². The second kappa shape index (κ2) is 6.74. The third-order valence-electron chi connectivity index (χ3n) is 3.29. The SMILES string of the molecule is O=C(CSc1ccc(-c2cccc([N+](=O)[O-])c2)nn1)NC1CC1. The number of non-ortho nitro benzene ring substituents is 1. The van der Waals surface area contributed by atoms with Gasteiger partial charge in [-0.2, -0.15) is 0 Å². The molecule has 2 aromatic rings. The number of nitrogens with zero attached hydrogens (tertiary/aromatic N) is 3. The summed E-state index contributed by atoms with van der Waals surface area (Å²) in [6.07, 6.45) is 2.13. The van der Waals surface area contributed by atoms with E-state index in [0.29, 0.717) is 28.1 Å². The summed E-state index contributed by atoms with van der Waals surface area (Å²) in [7, 11) is 0. The van der Waals surface area contributed by atoms with Gasteiger partial charge in [-0.1, -0.05) is 23.9 Å². The van der Waals surface area contributed by atoms with Crippen molar-refractivity contribution in [2.45, 2.75) is 23.9 Å². The highest BCUT2D eigenvalue weighted by Crippen LogP contribution is 2.23. The van der Waals surface area contributed by atoms with Crippen molar-refractivity contribution < 1.29 is 9.72 Å². The molecule has 1 heterocycles. The molecule has 0 unspecified atom stereocenters. The number of hydrogen-bond acceptors (Lipinski definition) is 6. The molecule has 0 bridgehead atoms. The molecule has 1 amide bonds. The second-order valence-corrected chi connectivity index (χ2v) is 6.19. The Morgan fingerprint density at radius 1 is 1.30 bits per heavy atom. The molecular formula is C15H14N4O3S. The van der Waals surface area contributed by atoms with Gasteiger partial charge in [0.2, 0.25) is 5.91 Å². The van der Waals surface area contributed by atoms with Gasteiger partial charge in [-0.25, -0.2) is 0 Å². The predicted molar refractivity (Wildman–Crippen MR) is 86.0 cm³/mol. The largest absolute Gasteiger partial charge is 0.353 e. The van der Waals surface area contributed by atoms with Crippen molar-refractivity contribution in [3.8, 4) is 11.3 Å². The van der Waals surface area contributed by atoms with E-state index in [9.17, 15) is 14.9 Å². The number of rotatable bonds is 6. The van der Waals surface area contributed by atoms with Crippen LogP contribution < -0.4 is 5.32 Å². The number of carbonyl (C=O) groups is 1. The van der Waals surface area contributed by atoms with Crippen LogP contribution in [0.15, 0.2) is 41.4 Å². The smallest absolute Gasteiger partial charge is 0.270 e. The summed E-state index contributed by atoms with van der Waals surface area (Å²) in [5.74, 6) is 0.309. The first-order valence-corrected chi connectivity index (χ1v) is 8.11. The third kappa shape index (κ3) is 4.26. The maximum atomic E-state index is 11.6. The van der Waals surface area contributed by atoms with Crippen LogP contribution in [0.1, 0.15) is 12.8 Å². The maximum Gasteiger partial charge on any atom is 0.270 e. The zero-order valence-electron chi connectivity index (χ0n) is 12.1. The average Bonchev–Trinajstić information content (AvgIpc) is 3.37. The fourth-order valence-corrected chi connectivity index (χ4v) is 2.59. The lowest BCUT2D eigenvalue weighted by Crippen LogP contribution is -2.27. The number of nitrogens with one attached hydrogen (secondary N) is 1. The standard InChI is InChI=1S/C15H14N4O3S/c20-14(16-11-4-5-11)9-23-15-7-6-13(17-18-15)10-2-1-3-12(8-10)19(21)22/h1-3,6-8,11H,4-5,9H2,(H,16,20). The van der Waals surface area contributed by atoms with Gasteiger partial charge in [0.15, 0.2) is 0 Å². The van der Waals surface area contributed by atoms with Gasteiger partial charge in [0.1, 0.15) is 5.03 Å². The Balaban J connectivity index is 1.63. The number of thioether (sulfide) groups is 1. The van der Waals surface area contributed by atoms with Crippen LogP contribution in [0.3, 0.4) is 0 Å². The highest BCUT2D eigenvalue weighted by molar-refractivity contribution is 7.99. The Hall–Kier alpha value is -2.48. The van der Waals surface area contributed by atoms with Crippen LogP contribution in [0.4, 0.5) is 5.69 Å². The average molecular weight is 330 g/mol. The molecule has 8 heteroatoms. The highest BCUT2D eigenvalue weighted by Gasteiger charge is 2.23. The normalized spacial score (nSPS) is 13.6. The lowest BCUT2D eigenvalue weighted by molar-refractivity contribution is -0.384. The summed E-state index contributed by atoms with van der Waals surface area (Å²) in [5.41, 5.74) is 1.20. The van der Waals surface area contributed by atoms with E-state index in [1.165, 1.54) is 23.9 Å². The van der Waals surface area contributed by atoms with E-state index < -0.39 is 4.92 Å². The van der Waals surface area contributed by atoms with E-state index in [1.54, 1.807) is 24.3 Å². The zero-order valence-corrected chi connectivity index (χ0v) is 13.0. The molecule has 0 spiro atoms. The fraction of sp³-hybridized carbons (Fsp3) is 0.267. The number of aromatic nitrogens is 2. The Morgan fingerprint density at radius 2 is 2.13 bits per heavy atom. The van der Waals surface area contributed by atoms with Gasteiger partial charge in [-0.05, 0) is 25.0 Å². The second-order valence-electron chi connectivity index (χ2n) is 5.19. The highest BCUT2D eigenvalue weighted by atomic mass is 32.2. The minimum atomic E-state index is -0.445. The quantitative estimate of drug-likeness (QED) is 0.496. The molecule has 7 nitrogen and oxygen atoms in total. The lowest BCUT2D eigenvalue weighted by Gasteiger charge is -2.03. The number of amides is 1. The molecule has 1 aromatic heterocycles. The molecule has 1 aliphatic carbocycles. The van der Waals surface area contributed by atoms with E-state index >= 15 is 0 Å². The molecule has 1 aliphatic rings. The summed E-state index contributed by atoms with van der Waals surface area (Å²) in [6, 6.07) is 10.1. The van der Waals surface area contributed by atoms with E-state index in [1.807, 2.05) is 0 Å². The molecule has 3 rings (SSSR count). The number of benzene rings is 1. The molecule has 23 heavy (non-hydrogen) atoms. The lowest BCUT2D eigenvalue weighted by atomic mass is 10.1. The number of hydrogen-bond donors (Lipinski definition) is 1. The summed E-state index contributed by atoms with van der Waals surface area (Å²) < 4.78 is 0. The van der Waals surface area contributed by atoms with Crippen molar-refractivity contribution in [3.05, 3.63) is 46.5 Å². The van der Waals surface area contributed by atoms with Gasteiger partial charge in [0.05, 0.1) is 16.4 Å². The minimum Gasteiger partial charge on any atom is -0.353 e. The molecule has 0 radical (unpaired) electrons. The molecule has 0 atom stereocenters. The van der Waals surface area contributed by atoms with Gasteiger partial charge >= 0.3 is 0 Å². The third-order valence-corrected chi connectivity index (χ3v) is 4.21. The van der Waals surface area contributed by atoms with Crippen LogP contribution in [-0.4, -0.2) is 32.8 Å². The van der Waals surface area contributed by atoms with Crippen molar-refractivity contribution >= 4 is 23.4 Å². The number of nitro groups is 1. The molecular weight excluding hydrogens is 316 g/mol. The summed E-state index contributed by atoms with van der Waals surface area (Å²) in [5, 5.41) is 22.5. The summed E-state index contributed by atoms with van der Waals surface area (Å²) >= 11 is 1.32. The van der Waals surface area contributed by atoms with Crippen molar-refractivity contribution in [3.63, 3.8) is 0 Å². The van der Waals surface area contributed by atoms with Crippen LogP contribution in [0.25, 0.3) is 11.3 Å². The number of carbonyl (C=O) groups excluding carboxylic acids is 1.